The van der Waals surface area contributed by atoms with E-state index in [1.165, 1.54) is 10.4 Å². The van der Waals surface area contributed by atoms with E-state index in [-0.39, 0.29) is 17.5 Å². The number of nitrogens with two attached hydrogens (primary N) is 3. The van der Waals surface area contributed by atoms with Crippen molar-refractivity contribution in [2.24, 2.45) is 5.73 Å². The van der Waals surface area contributed by atoms with Gasteiger partial charge >= 0.3 is 0 Å². The average molecular weight is 600 g/mol. The van der Waals surface area contributed by atoms with Gasteiger partial charge in [0.15, 0.2) is 11.5 Å². The van der Waals surface area contributed by atoms with Gasteiger partial charge in [-0.2, -0.15) is 0 Å². The van der Waals surface area contributed by atoms with Crippen LogP contribution < -0.4 is 27.5 Å². The number of nitrogens with one attached hydrogen (secondary N) is 1. The maximum atomic E-state index is 10.4. The van der Waals surface area contributed by atoms with Crippen molar-refractivity contribution in [2.75, 3.05) is 11.5 Å². The Hall–Kier alpha value is -5.88. The number of anilines is 2. The molecule has 12 heteroatoms. The van der Waals surface area contributed by atoms with Gasteiger partial charge in [-0.15, -0.1) is 25.8 Å². The number of aromatic hydroxyl groups is 1. The summed E-state index contributed by atoms with van der Waals surface area (Å²) in [6, 6.07) is 22.3. The van der Waals surface area contributed by atoms with Crippen molar-refractivity contribution < 1.29 is 14.8 Å². The van der Waals surface area contributed by atoms with Crippen LogP contribution in [0.4, 0.5) is 11.6 Å². The molecule has 1 aliphatic carbocycles. The Kier molecular flexibility index (Phi) is 6.82. The summed E-state index contributed by atoms with van der Waals surface area (Å²) in [5.74, 6) is 1.83. The van der Waals surface area contributed by atoms with E-state index in [2.05, 4.69) is 30.8 Å². The van der Waals surface area contributed by atoms with Crippen LogP contribution in [-0.2, 0) is 0 Å². The lowest BCUT2D eigenvalue weighted by molar-refractivity contribution is -0.790. The lowest BCUT2D eigenvalue weighted by atomic mass is 10.00. The molecule has 12 nitrogen and oxygen atoms in total. The number of para-hydroxylation sites is 2. The topological polar surface area (TPSA) is 187 Å². The summed E-state index contributed by atoms with van der Waals surface area (Å²) >= 11 is 0. The molecule has 5 aromatic rings. The number of nitrogens with zero attached hydrogens (tertiary/aromatic N) is 6. The highest BCUT2D eigenvalue weighted by molar-refractivity contribution is 6.10. The van der Waals surface area contributed by atoms with E-state index >= 15 is 0 Å². The molecule has 1 unspecified atom stereocenters. The molecule has 0 radical (unpaired) electrons. The number of benzene rings is 2. The van der Waals surface area contributed by atoms with Gasteiger partial charge in [0.25, 0.3) is 6.21 Å². The van der Waals surface area contributed by atoms with E-state index in [1.807, 2.05) is 67.0 Å². The zero-order chi connectivity index (χ0) is 31.1. The second-order valence-corrected chi connectivity index (χ2v) is 11.4. The van der Waals surface area contributed by atoms with Crippen molar-refractivity contribution in [2.45, 2.75) is 30.8 Å². The first kappa shape index (κ1) is 27.9. The Morgan fingerprint density at radius 2 is 1.53 bits per heavy atom. The fourth-order valence-corrected chi connectivity index (χ4v) is 5.67. The molecule has 1 saturated carbocycles. The third kappa shape index (κ3) is 5.61. The molecule has 45 heavy (non-hydrogen) atoms. The Bertz CT molecular complexity index is 1980. The molecular formula is C33H31N10O2+. The third-order valence-electron chi connectivity index (χ3n) is 7.91. The van der Waals surface area contributed by atoms with Gasteiger partial charge in [-0.3, -0.25) is 4.98 Å². The van der Waals surface area contributed by atoms with Gasteiger partial charge in [-0.1, -0.05) is 24.3 Å². The molecule has 0 bridgehead atoms. The van der Waals surface area contributed by atoms with Crippen molar-refractivity contribution in [1.82, 2.24) is 30.8 Å². The number of pyridine rings is 1. The fraction of sp³-hybridized carbons (Fsp3) is 0.152. The number of rotatable bonds is 7. The van der Waals surface area contributed by atoms with Crippen LogP contribution in [0.1, 0.15) is 41.9 Å². The zero-order valence-electron chi connectivity index (χ0n) is 24.4. The molecule has 2 aromatic carbocycles. The number of aromatic nitrogens is 5. The summed E-state index contributed by atoms with van der Waals surface area (Å²) in [5, 5.41) is 27.4. The van der Waals surface area contributed by atoms with Crippen LogP contribution >= 0.6 is 0 Å². The molecule has 8 N–H and O–H groups in total. The second-order valence-electron chi connectivity index (χ2n) is 11.4. The number of allylic oxidation sites excluding steroid dienone is 1. The van der Waals surface area contributed by atoms with E-state index in [0.717, 1.165) is 17.5 Å². The number of hydrogen-bond donors (Lipinski definition) is 5. The van der Waals surface area contributed by atoms with Crippen molar-refractivity contribution in [3.05, 3.63) is 108 Å². The molecule has 3 atom stereocenters. The Morgan fingerprint density at radius 1 is 0.844 bits per heavy atom. The minimum atomic E-state index is -1.02. The van der Waals surface area contributed by atoms with Crippen molar-refractivity contribution in [1.29, 1.82) is 0 Å². The van der Waals surface area contributed by atoms with E-state index < -0.39 is 5.66 Å². The van der Waals surface area contributed by atoms with Crippen molar-refractivity contribution in [3.8, 4) is 34.0 Å². The highest BCUT2D eigenvalue weighted by Crippen LogP contribution is 2.56. The number of hydrazine groups is 1. The van der Waals surface area contributed by atoms with E-state index in [1.54, 1.807) is 37.4 Å². The number of hydrazone groups is 1. The minimum absolute atomic E-state index is 0.0829. The maximum absolute atomic E-state index is 10.4. The summed E-state index contributed by atoms with van der Waals surface area (Å²) in [6.45, 7) is 1.80. The Balaban J connectivity index is 1.20. The molecule has 0 saturated heterocycles. The highest BCUT2D eigenvalue weighted by atomic mass is 16.7. The van der Waals surface area contributed by atoms with E-state index in [9.17, 15) is 5.11 Å². The lowest BCUT2D eigenvalue weighted by Crippen LogP contribution is -2.57. The number of phenolic OH excluding ortho intramolecular Hbond substituents is 1. The van der Waals surface area contributed by atoms with Gasteiger partial charge in [0.2, 0.25) is 5.75 Å². The SMILES string of the molecule is CC1(N)C=C(c2cc(-c3ccccc3O)nnc2N)C=[N+](Oc2ccccc2-c2cc([C@@H]3C[C@H]3c3ccncc3)c(N)nn2)N1. The molecule has 0 spiro atoms. The molecule has 0 amide bonds. The standard InChI is InChI=1S/C33H30N10O2/c1-33(36)17-20(24-15-27(38-40-31(24)34)21-6-2-4-8-29(21)44)18-43(42-33)45-30-9-5-3-7-22(30)28-16-26(32(35)41-39-28)25-14-23(25)19-10-12-37-13-11-19/h2-13,15-18,23,25,42H,14,36H2,1H3,(H4-,34,35,38,39,40,41,44)/p+1/t23-,25+,33?/m0/s1. The second kappa shape index (κ2) is 11.0. The van der Waals surface area contributed by atoms with Crippen molar-refractivity contribution in [3.63, 3.8) is 0 Å². The van der Waals surface area contributed by atoms with Gasteiger partial charge in [0.05, 0.1) is 22.5 Å². The number of hydrogen-bond acceptors (Lipinski definition) is 11. The summed E-state index contributed by atoms with van der Waals surface area (Å²) in [6.07, 6.45) is 8.13. The molecule has 2 aliphatic rings. The van der Waals surface area contributed by atoms with Crippen LogP contribution in [0.3, 0.4) is 0 Å². The van der Waals surface area contributed by atoms with E-state index in [0.29, 0.717) is 45.6 Å². The summed E-state index contributed by atoms with van der Waals surface area (Å²) in [4.78, 5) is 11.9. The number of nitrogen functional groups attached to an aromatic ring is 2. The molecule has 224 valence electrons. The van der Waals surface area contributed by atoms with Gasteiger partial charge < -0.3 is 22.3 Å². The quantitative estimate of drug-likeness (QED) is 0.171. The molecular weight excluding hydrogens is 568 g/mol. The summed E-state index contributed by atoms with van der Waals surface area (Å²) in [5.41, 5.74) is 27.0. The van der Waals surface area contributed by atoms with Gasteiger partial charge in [0, 0.05) is 29.1 Å². The molecule has 1 aliphatic heterocycles. The third-order valence-corrected chi connectivity index (χ3v) is 7.91. The lowest BCUT2D eigenvalue weighted by Gasteiger charge is -2.23. The first-order chi connectivity index (χ1) is 21.8. The fourth-order valence-electron chi connectivity index (χ4n) is 5.67. The van der Waals surface area contributed by atoms with E-state index in [4.69, 9.17) is 22.0 Å². The van der Waals surface area contributed by atoms with Crippen LogP contribution in [0.15, 0.2) is 91.3 Å². The first-order valence-corrected chi connectivity index (χ1v) is 14.4. The Labute approximate surface area is 258 Å². The number of phenols is 1. The normalized spacial score (nSPS) is 20.5. The van der Waals surface area contributed by atoms with Crippen LogP contribution in [0.2, 0.25) is 0 Å². The molecule has 7 rings (SSSR count). The zero-order valence-corrected chi connectivity index (χ0v) is 24.4. The van der Waals surface area contributed by atoms with Crippen LogP contribution in [0, 0.1) is 0 Å². The molecule has 1 fully saturated rings. The first-order valence-electron chi connectivity index (χ1n) is 14.4. The van der Waals surface area contributed by atoms with Gasteiger partial charge in [-0.05, 0) is 85.4 Å². The van der Waals surface area contributed by atoms with Crippen LogP contribution in [0.5, 0.6) is 11.5 Å². The monoisotopic (exact) mass is 599 g/mol. The van der Waals surface area contributed by atoms with Gasteiger partial charge in [0.1, 0.15) is 16.4 Å². The average Bonchev–Trinajstić information content (AvgIpc) is 3.83. The summed E-state index contributed by atoms with van der Waals surface area (Å²) < 4.78 is 0. The van der Waals surface area contributed by atoms with Crippen molar-refractivity contribution >= 4 is 23.4 Å². The molecule has 3 aromatic heterocycles. The van der Waals surface area contributed by atoms with Gasteiger partial charge in [-0.25, -0.2) is 4.84 Å². The molecule has 4 heterocycles. The Morgan fingerprint density at radius 3 is 2.31 bits per heavy atom. The maximum Gasteiger partial charge on any atom is 0.260 e. The summed E-state index contributed by atoms with van der Waals surface area (Å²) in [7, 11) is 0. The smallest absolute Gasteiger partial charge is 0.260 e. The largest absolute Gasteiger partial charge is 0.507 e. The highest BCUT2D eigenvalue weighted by Gasteiger charge is 2.41. The van der Waals surface area contributed by atoms with Crippen LogP contribution in [0.25, 0.3) is 28.1 Å². The predicted octanol–water partition coefficient (Wildman–Crippen LogP) is 3.79. The predicted molar refractivity (Wildman–Crippen MR) is 170 cm³/mol. The minimum Gasteiger partial charge on any atom is -0.507 e. The van der Waals surface area contributed by atoms with Crippen LogP contribution in [-0.4, -0.2) is 47.2 Å².